The van der Waals surface area contributed by atoms with Crippen LogP contribution in [0.15, 0.2) is 0 Å². The van der Waals surface area contributed by atoms with E-state index in [1.54, 1.807) is 6.92 Å². The molecule has 0 aromatic carbocycles. The van der Waals surface area contributed by atoms with Crippen LogP contribution in [0.25, 0.3) is 0 Å². The molecule has 13 heavy (non-hydrogen) atoms. The van der Waals surface area contributed by atoms with E-state index in [4.69, 9.17) is 5.11 Å². The summed E-state index contributed by atoms with van der Waals surface area (Å²) in [5, 5.41) is 11.9. The van der Waals surface area contributed by atoms with Gasteiger partial charge in [-0.2, -0.15) is 12.6 Å². The first-order chi connectivity index (χ1) is 5.46. The van der Waals surface area contributed by atoms with E-state index in [1.165, 1.54) is 0 Å². The Morgan fingerprint density at radius 2 is 2.15 bits per heavy atom. The number of hydrogen-bond donors (Lipinski definition) is 3. The maximum atomic E-state index is 10.8. The Hall–Kier alpha value is 0.0700. The van der Waals surface area contributed by atoms with Gasteiger partial charge < -0.3 is 5.11 Å². The van der Waals surface area contributed by atoms with E-state index in [0.29, 0.717) is 5.75 Å². The van der Waals surface area contributed by atoms with Crippen molar-refractivity contribution in [2.24, 2.45) is 0 Å². The van der Waals surface area contributed by atoms with Gasteiger partial charge >= 0.3 is 5.97 Å². The molecule has 0 radical (unpaired) electrons. The van der Waals surface area contributed by atoms with Gasteiger partial charge in [0.2, 0.25) is 0 Å². The number of hydrogen-bond acceptors (Lipinski definition) is 3. The molecule has 5 heteroatoms. The Kier molecular flexibility index (Phi) is 7.78. The van der Waals surface area contributed by atoms with E-state index in [9.17, 15) is 4.79 Å². The number of halogens is 1. The second-order valence-corrected chi connectivity index (χ2v) is 3.57. The summed E-state index contributed by atoms with van der Waals surface area (Å²) in [6, 6.07) is 0.207. The minimum Gasteiger partial charge on any atom is -0.480 e. The molecule has 0 heterocycles. The highest BCUT2D eigenvalue weighted by atomic mass is 35.5. The van der Waals surface area contributed by atoms with Crippen LogP contribution >= 0.6 is 25.0 Å². The standard InChI is InChI=1S/C8H17NO2S.ClH/c1-4-6(2)9-8(3,5-12)7(10)11;/h6,9,12H,4-5H2,1-3H3,(H,10,11);1H. The van der Waals surface area contributed by atoms with Crippen molar-refractivity contribution in [2.45, 2.75) is 38.8 Å². The molecular weight excluding hydrogens is 210 g/mol. The number of rotatable bonds is 5. The molecule has 0 rings (SSSR count). The largest absolute Gasteiger partial charge is 0.480 e. The maximum Gasteiger partial charge on any atom is 0.324 e. The highest BCUT2D eigenvalue weighted by Gasteiger charge is 2.32. The van der Waals surface area contributed by atoms with Crippen molar-refractivity contribution < 1.29 is 9.90 Å². The van der Waals surface area contributed by atoms with Gasteiger partial charge in [0.25, 0.3) is 0 Å². The third-order valence-corrected chi connectivity index (χ3v) is 2.60. The molecule has 0 saturated heterocycles. The first kappa shape index (κ1) is 15.5. The van der Waals surface area contributed by atoms with E-state index in [1.807, 2.05) is 13.8 Å². The Balaban J connectivity index is 0. The fourth-order valence-electron chi connectivity index (χ4n) is 0.821. The minimum atomic E-state index is -0.904. The minimum absolute atomic E-state index is 0. The third kappa shape index (κ3) is 4.74. The molecule has 0 aromatic rings. The second kappa shape index (κ2) is 6.51. The average Bonchev–Trinajstić information content (AvgIpc) is 2.03. The Bertz CT molecular complexity index is 168. The van der Waals surface area contributed by atoms with E-state index in [2.05, 4.69) is 17.9 Å². The lowest BCUT2D eigenvalue weighted by molar-refractivity contribution is -0.143. The van der Waals surface area contributed by atoms with Gasteiger partial charge in [-0.15, -0.1) is 12.4 Å². The van der Waals surface area contributed by atoms with E-state index in [-0.39, 0.29) is 18.4 Å². The van der Waals surface area contributed by atoms with Gasteiger partial charge in [0.15, 0.2) is 0 Å². The van der Waals surface area contributed by atoms with Crippen LogP contribution < -0.4 is 5.32 Å². The summed E-state index contributed by atoms with van der Waals surface area (Å²) in [6.07, 6.45) is 0.913. The van der Waals surface area contributed by atoms with E-state index >= 15 is 0 Å². The number of carboxylic acids is 1. The van der Waals surface area contributed by atoms with Gasteiger partial charge in [0.1, 0.15) is 5.54 Å². The molecule has 0 aliphatic heterocycles. The van der Waals surface area contributed by atoms with Crippen molar-refractivity contribution in [1.29, 1.82) is 0 Å². The fourth-order valence-corrected chi connectivity index (χ4v) is 1.05. The molecule has 0 bridgehead atoms. The summed E-state index contributed by atoms with van der Waals surface area (Å²) in [7, 11) is 0. The molecule has 2 unspecified atom stereocenters. The molecule has 0 aromatic heterocycles. The first-order valence-corrected chi connectivity index (χ1v) is 4.71. The molecule has 0 amide bonds. The molecule has 0 spiro atoms. The van der Waals surface area contributed by atoms with Crippen molar-refractivity contribution in [3.63, 3.8) is 0 Å². The summed E-state index contributed by atoms with van der Waals surface area (Å²) in [5.74, 6) is -0.551. The summed E-state index contributed by atoms with van der Waals surface area (Å²) in [6.45, 7) is 5.62. The zero-order valence-corrected chi connectivity index (χ0v) is 9.91. The fraction of sp³-hybridized carbons (Fsp3) is 0.875. The zero-order chi connectivity index (χ0) is 9.78. The maximum absolute atomic E-state index is 10.8. The number of nitrogens with one attached hydrogen (secondary N) is 1. The summed E-state index contributed by atoms with van der Waals surface area (Å²) in [4.78, 5) is 10.8. The highest BCUT2D eigenvalue weighted by Crippen LogP contribution is 2.08. The van der Waals surface area contributed by atoms with Gasteiger partial charge in [-0.25, -0.2) is 0 Å². The lowest BCUT2D eigenvalue weighted by Crippen LogP contribution is -2.54. The van der Waals surface area contributed by atoms with Crippen LogP contribution in [0, 0.1) is 0 Å². The number of carbonyl (C=O) groups is 1. The molecule has 2 atom stereocenters. The summed E-state index contributed by atoms with van der Waals surface area (Å²) in [5.41, 5.74) is -0.904. The van der Waals surface area contributed by atoms with Crippen LogP contribution in [0.2, 0.25) is 0 Å². The van der Waals surface area contributed by atoms with Crippen molar-refractivity contribution in [1.82, 2.24) is 5.32 Å². The molecular formula is C8H18ClNO2S. The Labute approximate surface area is 91.1 Å². The third-order valence-electron chi connectivity index (χ3n) is 1.97. The number of aliphatic carboxylic acids is 1. The predicted octanol–water partition coefficient (Wildman–Crippen LogP) is 1.57. The lowest BCUT2D eigenvalue weighted by Gasteiger charge is -2.27. The molecule has 2 N–H and O–H groups in total. The van der Waals surface area contributed by atoms with Gasteiger partial charge in [-0.05, 0) is 20.3 Å². The molecule has 0 aliphatic carbocycles. The van der Waals surface area contributed by atoms with Crippen molar-refractivity contribution in [3.8, 4) is 0 Å². The van der Waals surface area contributed by atoms with Crippen LogP contribution in [-0.4, -0.2) is 28.4 Å². The van der Waals surface area contributed by atoms with Crippen molar-refractivity contribution >= 4 is 31.0 Å². The van der Waals surface area contributed by atoms with E-state index in [0.717, 1.165) is 6.42 Å². The quantitative estimate of drug-likeness (QED) is 0.625. The number of carboxylic acid groups (broad SMARTS) is 1. The van der Waals surface area contributed by atoms with Gasteiger partial charge in [-0.3, -0.25) is 10.1 Å². The van der Waals surface area contributed by atoms with Crippen LogP contribution in [0.3, 0.4) is 0 Å². The van der Waals surface area contributed by atoms with Crippen molar-refractivity contribution in [3.05, 3.63) is 0 Å². The van der Waals surface area contributed by atoms with Gasteiger partial charge in [0.05, 0.1) is 0 Å². The summed E-state index contributed by atoms with van der Waals surface area (Å²) >= 11 is 4.01. The monoisotopic (exact) mass is 227 g/mol. The number of thiol groups is 1. The Morgan fingerprint density at radius 3 is 2.38 bits per heavy atom. The SMILES string of the molecule is CCC(C)NC(C)(CS)C(=O)O.Cl. The van der Waals surface area contributed by atoms with Crippen LogP contribution in [0.4, 0.5) is 0 Å². The van der Waals surface area contributed by atoms with Crippen LogP contribution in [0.1, 0.15) is 27.2 Å². The average molecular weight is 228 g/mol. The molecule has 0 aliphatic rings. The van der Waals surface area contributed by atoms with Gasteiger partial charge in [0, 0.05) is 11.8 Å². The second-order valence-electron chi connectivity index (χ2n) is 3.25. The van der Waals surface area contributed by atoms with E-state index < -0.39 is 11.5 Å². The Morgan fingerprint density at radius 1 is 1.69 bits per heavy atom. The molecule has 0 saturated carbocycles. The van der Waals surface area contributed by atoms with Crippen molar-refractivity contribution in [2.75, 3.05) is 5.75 Å². The molecule has 3 nitrogen and oxygen atoms in total. The normalized spacial score (nSPS) is 16.9. The topological polar surface area (TPSA) is 49.3 Å². The van der Waals surface area contributed by atoms with Gasteiger partial charge in [-0.1, -0.05) is 6.92 Å². The molecule has 80 valence electrons. The highest BCUT2D eigenvalue weighted by molar-refractivity contribution is 7.80. The van der Waals surface area contributed by atoms with Crippen LogP contribution in [0.5, 0.6) is 0 Å². The molecule has 0 fully saturated rings. The lowest BCUT2D eigenvalue weighted by atomic mass is 10.0. The first-order valence-electron chi connectivity index (χ1n) is 4.08. The van der Waals surface area contributed by atoms with Crippen LogP contribution in [-0.2, 0) is 4.79 Å². The smallest absolute Gasteiger partial charge is 0.324 e. The summed E-state index contributed by atoms with van der Waals surface area (Å²) < 4.78 is 0. The zero-order valence-electron chi connectivity index (χ0n) is 8.20. The predicted molar refractivity (Wildman–Crippen MR) is 60.0 cm³/mol.